The predicted octanol–water partition coefficient (Wildman–Crippen LogP) is 12.8. The average Bonchev–Trinajstić information content (AvgIpc) is 3.05. The van der Waals surface area contributed by atoms with Crippen LogP contribution in [0.3, 0.4) is 0 Å². The van der Waals surface area contributed by atoms with E-state index >= 15 is 4.39 Å². The molecule has 3 aliphatic carbocycles. The molecule has 0 heterocycles. The quantitative estimate of drug-likeness (QED) is 0.177. The van der Waals surface area contributed by atoms with Crippen molar-refractivity contribution in [3.8, 4) is 5.75 Å². The monoisotopic (exact) mass is 634 g/mol. The smallest absolute Gasteiger partial charge is 0.400 e. The highest BCUT2D eigenvalue weighted by atomic mass is 19.3. The van der Waals surface area contributed by atoms with E-state index in [0.29, 0.717) is 49.5 Å². The Morgan fingerprint density at radius 3 is 2.02 bits per heavy atom. The third kappa shape index (κ3) is 8.48. The van der Waals surface area contributed by atoms with Crippen LogP contribution in [-0.4, -0.2) is 6.11 Å². The van der Waals surface area contributed by atoms with Gasteiger partial charge in [-0.15, -0.1) is 0 Å². The van der Waals surface area contributed by atoms with Crippen molar-refractivity contribution >= 4 is 5.83 Å². The van der Waals surface area contributed by atoms with Crippen LogP contribution in [0.15, 0.2) is 42.7 Å². The second-order valence-electron chi connectivity index (χ2n) is 14.0. The number of hydrogen-bond donors (Lipinski definition) is 0. The summed E-state index contributed by atoms with van der Waals surface area (Å²) in [7, 11) is 0. The zero-order valence-electron chi connectivity index (χ0n) is 26.5. The molecule has 3 saturated carbocycles. The van der Waals surface area contributed by atoms with E-state index in [-0.39, 0.29) is 18.1 Å². The lowest BCUT2D eigenvalue weighted by Crippen LogP contribution is -2.38. The summed E-state index contributed by atoms with van der Waals surface area (Å²) in [4.78, 5) is 0. The van der Waals surface area contributed by atoms with Gasteiger partial charge in [0, 0.05) is 11.6 Å². The first-order valence-corrected chi connectivity index (χ1v) is 17.3. The second kappa shape index (κ2) is 15.4. The second-order valence-corrected chi connectivity index (χ2v) is 14.0. The molecular weight excluding hydrogens is 586 g/mol. The summed E-state index contributed by atoms with van der Waals surface area (Å²) in [6, 6.07) is 8.57. The molecule has 0 spiro atoms. The maximum absolute atomic E-state index is 15.4. The Bertz CT molecular complexity index is 1270. The summed E-state index contributed by atoms with van der Waals surface area (Å²) in [5.41, 5.74) is 1.34. The van der Waals surface area contributed by atoms with Gasteiger partial charge in [0.2, 0.25) is 0 Å². The van der Waals surface area contributed by atoms with Crippen molar-refractivity contribution in [2.24, 2.45) is 23.7 Å². The van der Waals surface area contributed by atoms with Crippen molar-refractivity contribution in [3.05, 3.63) is 71.1 Å². The highest BCUT2D eigenvalue weighted by molar-refractivity contribution is 5.59. The van der Waals surface area contributed by atoms with Gasteiger partial charge >= 0.3 is 6.11 Å². The molecule has 7 heteroatoms. The third-order valence-corrected chi connectivity index (χ3v) is 11.2. The number of rotatable bonds is 11. The van der Waals surface area contributed by atoms with E-state index in [9.17, 15) is 22.0 Å². The van der Waals surface area contributed by atoms with Gasteiger partial charge in [0.05, 0.1) is 5.92 Å². The molecule has 0 saturated heterocycles. The van der Waals surface area contributed by atoms with Crippen molar-refractivity contribution in [1.82, 2.24) is 0 Å². The van der Waals surface area contributed by atoms with E-state index < -0.39 is 35.0 Å². The van der Waals surface area contributed by atoms with Crippen molar-refractivity contribution in [3.63, 3.8) is 0 Å². The molecule has 2 aromatic rings. The molecule has 248 valence electrons. The summed E-state index contributed by atoms with van der Waals surface area (Å²) in [6.45, 7) is 2.25. The van der Waals surface area contributed by atoms with E-state index in [0.717, 1.165) is 67.7 Å². The third-order valence-electron chi connectivity index (χ3n) is 11.2. The van der Waals surface area contributed by atoms with E-state index in [1.54, 1.807) is 6.07 Å². The Hall–Kier alpha value is -2.44. The van der Waals surface area contributed by atoms with E-state index in [4.69, 9.17) is 4.74 Å². The first-order valence-electron chi connectivity index (χ1n) is 17.3. The van der Waals surface area contributed by atoms with Crippen LogP contribution in [0.4, 0.5) is 26.3 Å². The molecule has 0 N–H and O–H groups in total. The fraction of sp³-hybridized carbons (Fsp3) is 0.632. The topological polar surface area (TPSA) is 9.23 Å². The standard InChI is InChI=1S/C38H48F6O/c1-2-3-4-5-25-6-8-28(9-7-25)30-16-20-33(35(40)22-30)29-12-10-26(11-13-29)27-14-17-31(18-15-27)38(43,44)45-32-19-21-34(36(41)23-32)37(42)24-39/h16,19-29,31H,2-15,17-18H2,1H3/b37-24-. The van der Waals surface area contributed by atoms with Crippen LogP contribution in [-0.2, 0) is 0 Å². The SMILES string of the molecule is CCCCCC1CCC(c2ccc(C3CCC(C4CCC(C(F)(F)Oc5ccc(/C(F)=C/F)c(F)c5)CC4)CC3)c(F)c2)CC1. The summed E-state index contributed by atoms with van der Waals surface area (Å²) in [5.74, 6) is -1.75. The maximum Gasteiger partial charge on any atom is 0.400 e. The van der Waals surface area contributed by atoms with Crippen LogP contribution < -0.4 is 4.74 Å². The largest absolute Gasteiger partial charge is 0.432 e. The molecule has 0 bridgehead atoms. The maximum atomic E-state index is 15.4. The average molecular weight is 635 g/mol. The zero-order valence-corrected chi connectivity index (χ0v) is 26.5. The normalized spacial score (nSPS) is 28.2. The lowest BCUT2D eigenvalue weighted by Gasteiger charge is -2.39. The Kier molecular flexibility index (Phi) is 11.6. The van der Waals surface area contributed by atoms with E-state index in [2.05, 4.69) is 13.0 Å². The van der Waals surface area contributed by atoms with Crippen LogP contribution in [0, 0.1) is 35.3 Å². The molecule has 45 heavy (non-hydrogen) atoms. The molecule has 2 aromatic carbocycles. The Morgan fingerprint density at radius 1 is 0.778 bits per heavy atom. The van der Waals surface area contributed by atoms with Gasteiger partial charge in [-0.05, 0) is 136 Å². The van der Waals surface area contributed by atoms with Crippen molar-refractivity contribution in [2.75, 3.05) is 0 Å². The molecule has 0 radical (unpaired) electrons. The van der Waals surface area contributed by atoms with Crippen LogP contribution in [0.1, 0.15) is 138 Å². The molecule has 3 aliphatic rings. The molecule has 5 rings (SSSR count). The molecule has 3 fully saturated rings. The number of alkyl halides is 2. The number of ether oxygens (including phenoxy) is 1. The lowest BCUT2D eigenvalue weighted by atomic mass is 9.68. The molecule has 1 nitrogen and oxygen atoms in total. The van der Waals surface area contributed by atoms with Crippen LogP contribution in [0.25, 0.3) is 5.83 Å². The zero-order chi connectivity index (χ0) is 32.0. The molecule has 0 atom stereocenters. The summed E-state index contributed by atoms with van der Waals surface area (Å²) in [5, 5.41) is 0. The minimum absolute atomic E-state index is 0.0673. The Balaban J connectivity index is 1.07. The van der Waals surface area contributed by atoms with Gasteiger partial charge in [0.25, 0.3) is 0 Å². The van der Waals surface area contributed by atoms with Gasteiger partial charge in [0.15, 0.2) is 5.83 Å². The van der Waals surface area contributed by atoms with Gasteiger partial charge < -0.3 is 4.74 Å². The van der Waals surface area contributed by atoms with Gasteiger partial charge in [0.1, 0.15) is 23.7 Å². The summed E-state index contributed by atoms with van der Waals surface area (Å²) < 4.78 is 90.1. The molecular formula is C38H48F6O. The fourth-order valence-corrected chi connectivity index (χ4v) is 8.48. The van der Waals surface area contributed by atoms with Gasteiger partial charge in [-0.1, -0.05) is 44.7 Å². The van der Waals surface area contributed by atoms with Gasteiger partial charge in [-0.2, -0.15) is 8.78 Å². The van der Waals surface area contributed by atoms with Crippen LogP contribution >= 0.6 is 0 Å². The minimum atomic E-state index is -3.50. The van der Waals surface area contributed by atoms with Crippen molar-refractivity contribution in [2.45, 2.75) is 128 Å². The fourth-order valence-electron chi connectivity index (χ4n) is 8.48. The van der Waals surface area contributed by atoms with Gasteiger partial charge in [-0.25, -0.2) is 17.6 Å². The summed E-state index contributed by atoms with van der Waals surface area (Å²) >= 11 is 0. The Morgan fingerprint density at radius 2 is 1.42 bits per heavy atom. The molecule has 0 amide bonds. The number of unbranched alkanes of at least 4 members (excludes halogenated alkanes) is 2. The lowest BCUT2D eigenvalue weighted by molar-refractivity contribution is -0.224. The van der Waals surface area contributed by atoms with Gasteiger partial charge in [-0.3, -0.25) is 0 Å². The first kappa shape index (κ1) is 33.9. The number of benzene rings is 2. The van der Waals surface area contributed by atoms with Crippen LogP contribution in [0.5, 0.6) is 5.75 Å². The van der Waals surface area contributed by atoms with E-state index in [1.165, 1.54) is 38.5 Å². The predicted molar refractivity (Wildman–Crippen MR) is 168 cm³/mol. The first-order chi connectivity index (χ1) is 21.7. The Labute approximate surface area is 264 Å². The molecule has 0 aromatic heterocycles. The molecule has 0 unspecified atom stereocenters. The molecule has 0 aliphatic heterocycles. The highest BCUT2D eigenvalue weighted by Gasteiger charge is 2.45. The van der Waals surface area contributed by atoms with Crippen LogP contribution in [0.2, 0.25) is 0 Å². The highest BCUT2D eigenvalue weighted by Crippen LogP contribution is 2.48. The minimum Gasteiger partial charge on any atom is -0.432 e. The number of halogens is 6. The van der Waals surface area contributed by atoms with Crippen molar-refractivity contribution < 1.29 is 31.1 Å². The summed E-state index contributed by atoms with van der Waals surface area (Å²) in [6.07, 6.45) is 11.9. The van der Waals surface area contributed by atoms with E-state index in [1.807, 2.05) is 6.07 Å². The van der Waals surface area contributed by atoms with Crippen molar-refractivity contribution in [1.29, 1.82) is 0 Å². The number of hydrogen-bond acceptors (Lipinski definition) is 1.